The Hall–Kier alpha value is -3.16. The Morgan fingerprint density at radius 2 is 1.89 bits per heavy atom. The molecule has 8 heteroatoms. The number of nitrogens with one attached hydrogen (secondary N) is 1. The minimum Gasteiger partial charge on any atom is -0.507 e. The number of carbonyl (C=O) groups excluding carboxylic acids is 1. The van der Waals surface area contributed by atoms with Crippen LogP contribution in [0.15, 0.2) is 66.9 Å². The third-order valence-electron chi connectivity index (χ3n) is 4.11. The van der Waals surface area contributed by atoms with Crippen LogP contribution in [0.4, 0.5) is 0 Å². The number of hydrogen-bond donors (Lipinski definition) is 2. The molecule has 2 aromatic heterocycles. The average molecular weight is 411 g/mol. The van der Waals surface area contributed by atoms with E-state index >= 15 is 0 Å². The van der Waals surface area contributed by atoms with Gasteiger partial charge in [-0.3, -0.25) is 4.79 Å². The molecule has 0 fully saturated rings. The molecule has 0 radical (unpaired) electrons. The number of halogens is 1. The van der Waals surface area contributed by atoms with Crippen LogP contribution in [-0.4, -0.2) is 26.0 Å². The van der Waals surface area contributed by atoms with E-state index in [1.807, 2.05) is 36.4 Å². The molecule has 28 heavy (non-hydrogen) atoms. The average Bonchev–Trinajstić information content (AvgIpc) is 3.36. The molecule has 4 rings (SSSR count). The molecule has 140 valence electrons. The Balaban J connectivity index is 1.44. The van der Waals surface area contributed by atoms with Crippen molar-refractivity contribution in [2.24, 2.45) is 0 Å². The summed E-state index contributed by atoms with van der Waals surface area (Å²) in [6, 6.07) is 18.2. The van der Waals surface area contributed by atoms with Gasteiger partial charge in [-0.25, -0.2) is 4.68 Å². The Bertz CT molecular complexity index is 1120. The molecular weight excluding hydrogens is 396 g/mol. The van der Waals surface area contributed by atoms with E-state index in [1.165, 1.54) is 11.3 Å². The van der Waals surface area contributed by atoms with E-state index < -0.39 is 0 Å². The molecule has 2 heterocycles. The monoisotopic (exact) mass is 410 g/mol. The zero-order valence-electron chi connectivity index (χ0n) is 14.5. The molecule has 0 saturated heterocycles. The molecule has 0 saturated carbocycles. The minimum atomic E-state index is -0.196. The van der Waals surface area contributed by atoms with E-state index in [2.05, 4.69) is 15.6 Å². The van der Waals surface area contributed by atoms with E-state index in [9.17, 15) is 9.90 Å². The summed E-state index contributed by atoms with van der Waals surface area (Å²) in [6.45, 7) is 0.268. The van der Waals surface area contributed by atoms with Crippen molar-refractivity contribution in [2.75, 3.05) is 0 Å². The quantitative estimate of drug-likeness (QED) is 0.514. The number of carbonyl (C=O) groups is 1. The first-order valence-electron chi connectivity index (χ1n) is 8.44. The third kappa shape index (κ3) is 3.90. The predicted octanol–water partition coefficient (Wildman–Crippen LogP) is 4.28. The van der Waals surface area contributed by atoms with Gasteiger partial charge in [-0.15, -0.1) is 16.4 Å². The van der Waals surface area contributed by atoms with E-state index in [0.717, 1.165) is 16.8 Å². The lowest BCUT2D eigenvalue weighted by atomic mass is 10.0. The first kappa shape index (κ1) is 18.2. The van der Waals surface area contributed by atoms with E-state index in [-0.39, 0.29) is 18.2 Å². The Morgan fingerprint density at radius 3 is 2.61 bits per heavy atom. The minimum absolute atomic E-state index is 0.196. The van der Waals surface area contributed by atoms with Crippen molar-refractivity contribution in [1.29, 1.82) is 0 Å². The smallest absolute Gasteiger partial charge is 0.261 e. The van der Waals surface area contributed by atoms with Crippen LogP contribution in [0.3, 0.4) is 0 Å². The van der Waals surface area contributed by atoms with Crippen molar-refractivity contribution < 1.29 is 9.90 Å². The zero-order valence-corrected chi connectivity index (χ0v) is 16.1. The van der Waals surface area contributed by atoms with Crippen molar-refractivity contribution in [3.63, 3.8) is 0 Å². The van der Waals surface area contributed by atoms with Crippen LogP contribution >= 0.6 is 22.9 Å². The van der Waals surface area contributed by atoms with Gasteiger partial charge in [0.05, 0.1) is 27.6 Å². The van der Waals surface area contributed by atoms with Crippen molar-refractivity contribution in [2.45, 2.75) is 6.54 Å². The second-order valence-corrected chi connectivity index (χ2v) is 7.72. The number of rotatable bonds is 5. The summed E-state index contributed by atoms with van der Waals surface area (Å²) in [5, 5.41) is 21.0. The highest BCUT2D eigenvalue weighted by molar-refractivity contribution is 7.17. The molecular formula is C20H15ClN4O2S. The summed E-state index contributed by atoms with van der Waals surface area (Å²) in [7, 11) is 0. The molecule has 0 spiro atoms. The highest BCUT2D eigenvalue weighted by atomic mass is 35.5. The number of hydrogen-bond acceptors (Lipinski definition) is 5. The number of nitrogens with zero attached hydrogens (tertiary/aromatic N) is 3. The fraction of sp³-hybridized carbons (Fsp3) is 0.0500. The third-order valence-corrected chi connectivity index (χ3v) is 5.34. The van der Waals surface area contributed by atoms with Gasteiger partial charge in [-0.1, -0.05) is 47.1 Å². The van der Waals surface area contributed by atoms with Crippen molar-refractivity contribution in [3.8, 4) is 22.6 Å². The summed E-state index contributed by atoms with van der Waals surface area (Å²) in [5.41, 5.74) is 3.14. The second kappa shape index (κ2) is 7.84. The number of amides is 1. The van der Waals surface area contributed by atoms with Crippen LogP contribution in [0.1, 0.15) is 15.4 Å². The topological polar surface area (TPSA) is 80.0 Å². The van der Waals surface area contributed by atoms with Gasteiger partial charge in [-0.2, -0.15) is 0 Å². The molecule has 0 aliphatic rings. The second-order valence-electron chi connectivity index (χ2n) is 6.00. The first-order valence-corrected chi connectivity index (χ1v) is 9.63. The highest BCUT2D eigenvalue weighted by Gasteiger charge is 2.10. The molecule has 6 nitrogen and oxygen atoms in total. The van der Waals surface area contributed by atoms with Gasteiger partial charge >= 0.3 is 0 Å². The Morgan fingerprint density at radius 1 is 1.11 bits per heavy atom. The van der Waals surface area contributed by atoms with Gasteiger partial charge < -0.3 is 10.4 Å². The Kier molecular flexibility index (Phi) is 5.10. The van der Waals surface area contributed by atoms with Crippen molar-refractivity contribution in [3.05, 3.63) is 81.8 Å². The molecule has 0 aliphatic heterocycles. The zero-order chi connectivity index (χ0) is 19.5. The van der Waals surface area contributed by atoms with Crippen molar-refractivity contribution >= 4 is 28.8 Å². The number of phenols is 1. The van der Waals surface area contributed by atoms with Crippen LogP contribution in [0, 0.1) is 0 Å². The lowest BCUT2D eigenvalue weighted by molar-refractivity contribution is 0.0954. The van der Waals surface area contributed by atoms with Gasteiger partial charge in [0.2, 0.25) is 0 Å². The maximum absolute atomic E-state index is 12.1. The normalized spacial score (nSPS) is 10.8. The number of benzene rings is 2. The highest BCUT2D eigenvalue weighted by Crippen LogP contribution is 2.29. The maximum atomic E-state index is 12.1. The number of thiophene rings is 1. The molecule has 0 aliphatic carbocycles. The Labute approximate surface area is 170 Å². The fourth-order valence-electron chi connectivity index (χ4n) is 2.71. The summed E-state index contributed by atoms with van der Waals surface area (Å²) < 4.78 is 2.21. The van der Waals surface area contributed by atoms with Crippen LogP contribution in [0.2, 0.25) is 4.34 Å². The van der Waals surface area contributed by atoms with Crippen LogP contribution in [0.5, 0.6) is 5.75 Å². The first-order chi connectivity index (χ1) is 13.6. The summed E-state index contributed by atoms with van der Waals surface area (Å²) in [5.74, 6) is 0.0412. The van der Waals surface area contributed by atoms with Gasteiger partial charge in [0.25, 0.3) is 5.91 Å². The largest absolute Gasteiger partial charge is 0.507 e. The van der Waals surface area contributed by atoms with Gasteiger partial charge in [-0.05, 0) is 35.9 Å². The fourth-order valence-corrected chi connectivity index (χ4v) is 3.67. The lowest BCUT2D eigenvalue weighted by Crippen LogP contribution is -2.21. The summed E-state index contributed by atoms with van der Waals surface area (Å²) in [6.07, 6.45) is 1.76. The molecule has 2 aromatic carbocycles. The molecule has 1 amide bonds. The molecule has 2 N–H and O–H groups in total. The van der Waals surface area contributed by atoms with E-state index in [1.54, 1.807) is 35.1 Å². The SMILES string of the molecule is O=C(NCc1cn(-c2ccc(-c3ccccc3O)cc2)nn1)c1ccc(Cl)s1. The van der Waals surface area contributed by atoms with Gasteiger partial charge in [0, 0.05) is 5.56 Å². The standard InChI is InChI=1S/C20H15ClN4O2S/c21-19-10-9-18(28-19)20(27)22-11-14-12-25(24-23-14)15-7-5-13(6-8-15)16-3-1-2-4-17(16)26/h1-10,12,26H,11H2,(H,22,27). The van der Waals surface area contributed by atoms with Gasteiger partial charge in [0.15, 0.2) is 0 Å². The number of para-hydroxylation sites is 1. The van der Waals surface area contributed by atoms with E-state index in [0.29, 0.717) is 14.9 Å². The maximum Gasteiger partial charge on any atom is 0.261 e. The van der Waals surface area contributed by atoms with Gasteiger partial charge in [0.1, 0.15) is 11.4 Å². The number of phenolic OH excluding ortho intramolecular Hbond substituents is 1. The molecule has 4 aromatic rings. The summed E-state index contributed by atoms with van der Waals surface area (Å²) >= 11 is 7.08. The number of aromatic nitrogens is 3. The number of aromatic hydroxyl groups is 1. The summed E-state index contributed by atoms with van der Waals surface area (Å²) in [4.78, 5) is 12.6. The molecule has 0 unspecified atom stereocenters. The van der Waals surface area contributed by atoms with Crippen molar-refractivity contribution in [1.82, 2.24) is 20.3 Å². The lowest BCUT2D eigenvalue weighted by Gasteiger charge is -2.06. The van der Waals surface area contributed by atoms with Crippen LogP contribution < -0.4 is 5.32 Å². The molecule has 0 bridgehead atoms. The van der Waals surface area contributed by atoms with E-state index in [4.69, 9.17) is 11.6 Å². The predicted molar refractivity (Wildman–Crippen MR) is 109 cm³/mol. The van der Waals surface area contributed by atoms with Crippen LogP contribution in [-0.2, 0) is 6.54 Å². The molecule has 0 atom stereocenters. The van der Waals surface area contributed by atoms with Crippen LogP contribution in [0.25, 0.3) is 16.8 Å².